The molecule has 0 spiro atoms. The Kier molecular flexibility index (Phi) is 1.89. The van der Waals surface area contributed by atoms with Gasteiger partial charge in [-0.1, -0.05) is 36.4 Å². The van der Waals surface area contributed by atoms with Crippen molar-refractivity contribution in [1.82, 2.24) is 0 Å². The van der Waals surface area contributed by atoms with Crippen LogP contribution in [0.5, 0.6) is 0 Å². The van der Waals surface area contributed by atoms with Gasteiger partial charge < -0.3 is 0 Å². The van der Waals surface area contributed by atoms with Crippen molar-refractivity contribution < 1.29 is 0 Å². The second-order valence-electron chi connectivity index (χ2n) is 2.76. The van der Waals surface area contributed by atoms with E-state index in [1.807, 2.05) is 18.2 Å². The number of benzene rings is 2. The van der Waals surface area contributed by atoms with Gasteiger partial charge in [0.25, 0.3) is 0 Å². The lowest BCUT2D eigenvalue weighted by atomic mass is 10.1. The highest BCUT2D eigenvalue weighted by Gasteiger charge is 1.99. The number of rotatable bonds is 0. The Bertz CT molecular complexity index is 418. The maximum atomic E-state index is 3.92. The summed E-state index contributed by atoms with van der Waals surface area (Å²) in [6.07, 6.45) is 0. The van der Waals surface area contributed by atoms with Gasteiger partial charge in [0.05, 0.1) is 0 Å². The summed E-state index contributed by atoms with van der Waals surface area (Å²) < 4.78 is 1.10. The van der Waals surface area contributed by atoms with Crippen LogP contribution in [0.15, 0.2) is 40.9 Å². The third-order valence-corrected chi connectivity index (χ3v) is 2.88. The molecular weight excluding hydrogens is 212 g/mol. The van der Waals surface area contributed by atoms with Gasteiger partial charge in [0, 0.05) is 4.47 Å². The summed E-state index contributed by atoms with van der Waals surface area (Å²) in [4.78, 5) is 0. The van der Waals surface area contributed by atoms with E-state index in [4.69, 9.17) is 0 Å². The summed E-state index contributed by atoms with van der Waals surface area (Å²) in [6.45, 7) is 3.92. The van der Waals surface area contributed by atoms with Crippen molar-refractivity contribution in [3.05, 3.63) is 53.4 Å². The standard InChI is InChI=1S/C11H8Br/c1-8-6-7-9-4-2-3-5-10(9)11(8)12/h2-7H,1H2. The van der Waals surface area contributed by atoms with Crippen molar-refractivity contribution in [3.63, 3.8) is 0 Å². The van der Waals surface area contributed by atoms with Gasteiger partial charge in [-0.3, -0.25) is 0 Å². The molecule has 2 rings (SSSR count). The van der Waals surface area contributed by atoms with Crippen LogP contribution in [0.1, 0.15) is 5.56 Å². The van der Waals surface area contributed by atoms with Gasteiger partial charge in [0.1, 0.15) is 0 Å². The first kappa shape index (κ1) is 7.81. The molecule has 0 heterocycles. The van der Waals surface area contributed by atoms with Crippen LogP contribution in [-0.4, -0.2) is 0 Å². The van der Waals surface area contributed by atoms with E-state index in [1.54, 1.807) is 0 Å². The Hall–Kier alpha value is -0.820. The van der Waals surface area contributed by atoms with Crippen molar-refractivity contribution in [1.29, 1.82) is 0 Å². The van der Waals surface area contributed by atoms with Gasteiger partial charge in [0.2, 0.25) is 0 Å². The molecule has 0 nitrogen and oxygen atoms in total. The normalized spacial score (nSPS) is 10.5. The highest BCUT2D eigenvalue weighted by atomic mass is 79.9. The minimum absolute atomic E-state index is 1.04. The minimum atomic E-state index is 1.04. The Morgan fingerprint density at radius 3 is 2.58 bits per heavy atom. The minimum Gasteiger partial charge on any atom is -0.0616 e. The first-order valence-corrected chi connectivity index (χ1v) is 4.57. The summed E-state index contributed by atoms with van der Waals surface area (Å²) in [5, 5.41) is 2.47. The van der Waals surface area contributed by atoms with Crippen LogP contribution in [0.25, 0.3) is 10.8 Å². The summed E-state index contributed by atoms with van der Waals surface area (Å²) >= 11 is 3.52. The van der Waals surface area contributed by atoms with Crippen molar-refractivity contribution in [2.75, 3.05) is 0 Å². The van der Waals surface area contributed by atoms with E-state index in [9.17, 15) is 0 Å². The lowest BCUT2D eigenvalue weighted by Crippen LogP contribution is -1.78. The van der Waals surface area contributed by atoms with E-state index in [0.717, 1.165) is 10.0 Å². The first-order chi connectivity index (χ1) is 5.79. The second kappa shape index (κ2) is 2.91. The SMILES string of the molecule is [CH2]c1ccc2ccccc2c1Br. The van der Waals surface area contributed by atoms with Crippen LogP contribution in [0.4, 0.5) is 0 Å². The maximum Gasteiger partial charge on any atom is 0.0285 e. The molecule has 1 radical (unpaired) electrons. The molecule has 0 saturated heterocycles. The zero-order valence-electron chi connectivity index (χ0n) is 6.55. The van der Waals surface area contributed by atoms with Crippen molar-refractivity contribution in [3.8, 4) is 0 Å². The quantitative estimate of drug-likeness (QED) is 0.633. The molecule has 12 heavy (non-hydrogen) atoms. The number of hydrogen-bond donors (Lipinski definition) is 0. The molecule has 0 N–H and O–H groups in total. The molecule has 0 fully saturated rings. The molecule has 0 bridgehead atoms. The van der Waals surface area contributed by atoms with Crippen LogP contribution >= 0.6 is 15.9 Å². The monoisotopic (exact) mass is 219 g/mol. The lowest BCUT2D eigenvalue weighted by molar-refractivity contribution is 1.61. The Morgan fingerprint density at radius 1 is 1.00 bits per heavy atom. The maximum absolute atomic E-state index is 3.92. The predicted octanol–water partition coefficient (Wildman–Crippen LogP) is 3.78. The van der Waals surface area contributed by atoms with Gasteiger partial charge in [-0.15, -0.1) is 0 Å². The van der Waals surface area contributed by atoms with Crippen molar-refractivity contribution in [2.45, 2.75) is 0 Å². The summed E-state index contributed by atoms with van der Waals surface area (Å²) in [7, 11) is 0. The van der Waals surface area contributed by atoms with Gasteiger partial charge in [-0.2, -0.15) is 0 Å². The molecular formula is C11H8Br. The molecule has 0 aliphatic heterocycles. The largest absolute Gasteiger partial charge is 0.0616 e. The molecule has 0 unspecified atom stereocenters. The summed E-state index contributed by atoms with van der Waals surface area (Å²) in [5.74, 6) is 0. The molecule has 2 aromatic rings. The van der Waals surface area contributed by atoms with Gasteiger partial charge in [-0.05, 0) is 39.2 Å². The van der Waals surface area contributed by atoms with E-state index in [0.29, 0.717) is 0 Å². The summed E-state index contributed by atoms with van der Waals surface area (Å²) in [5.41, 5.74) is 1.04. The second-order valence-corrected chi connectivity index (χ2v) is 3.55. The van der Waals surface area contributed by atoms with Crippen LogP contribution < -0.4 is 0 Å². The Morgan fingerprint density at radius 2 is 1.75 bits per heavy atom. The molecule has 0 aliphatic rings. The van der Waals surface area contributed by atoms with E-state index in [2.05, 4.69) is 41.1 Å². The molecule has 1 heteroatoms. The fourth-order valence-electron chi connectivity index (χ4n) is 1.28. The zero-order valence-corrected chi connectivity index (χ0v) is 8.14. The van der Waals surface area contributed by atoms with Crippen LogP contribution in [0.3, 0.4) is 0 Å². The van der Waals surface area contributed by atoms with E-state index < -0.39 is 0 Å². The molecule has 59 valence electrons. The predicted molar refractivity (Wildman–Crippen MR) is 56.1 cm³/mol. The number of hydrogen-bond acceptors (Lipinski definition) is 0. The fraction of sp³-hybridized carbons (Fsp3) is 0. The Balaban J connectivity index is 2.91. The van der Waals surface area contributed by atoms with Crippen molar-refractivity contribution >= 4 is 26.7 Å². The van der Waals surface area contributed by atoms with E-state index >= 15 is 0 Å². The van der Waals surface area contributed by atoms with E-state index in [1.165, 1.54) is 10.8 Å². The van der Waals surface area contributed by atoms with Crippen LogP contribution in [-0.2, 0) is 0 Å². The third-order valence-electron chi connectivity index (χ3n) is 1.94. The summed E-state index contributed by atoms with van der Waals surface area (Å²) in [6, 6.07) is 12.4. The molecule has 0 amide bonds. The highest BCUT2D eigenvalue weighted by Crippen LogP contribution is 2.26. The molecule has 0 saturated carbocycles. The molecule has 0 aliphatic carbocycles. The fourth-order valence-corrected chi connectivity index (χ4v) is 1.77. The zero-order chi connectivity index (χ0) is 8.55. The van der Waals surface area contributed by atoms with Crippen LogP contribution in [0.2, 0.25) is 0 Å². The highest BCUT2D eigenvalue weighted by molar-refractivity contribution is 9.10. The molecule has 2 aromatic carbocycles. The van der Waals surface area contributed by atoms with Crippen molar-refractivity contribution in [2.24, 2.45) is 0 Å². The average Bonchev–Trinajstić information content (AvgIpc) is 2.12. The molecule has 0 atom stereocenters. The average molecular weight is 220 g/mol. The van der Waals surface area contributed by atoms with Gasteiger partial charge in [0.15, 0.2) is 0 Å². The van der Waals surface area contributed by atoms with Gasteiger partial charge >= 0.3 is 0 Å². The Labute approximate surface area is 80.3 Å². The third kappa shape index (κ3) is 1.14. The van der Waals surface area contributed by atoms with Gasteiger partial charge in [-0.25, -0.2) is 0 Å². The lowest BCUT2D eigenvalue weighted by Gasteiger charge is -2.02. The number of halogens is 1. The smallest absolute Gasteiger partial charge is 0.0285 e. The van der Waals surface area contributed by atoms with Crippen LogP contribution in [0, 0.1) is 6.92 Å². The first-order valence-electron chi connectivity index (χ1n) is 3.78. The van der Waals surface area contributed by atoms with E-state index in [-0.39, 0.29) is 0 Å². The number of fused-ring (bicyclic) bond motifs is 1. The topological polar surface area (TPSA) is 0 Å². The molecule has 0 aromatic heterocycles.